The van der Waals surface area contributed by atoms with Crippen molar-refractivity contribution in [3.05, 3.63) is 23.9 Å². The second-order valence-electron chi connectivity index (χ2n) is 3.12. The lowest BCUT2D eigenvalue weighted by atomic mass is 10.1. The van der Waals surface area contributed by atoms with Crippen molar-refractivity contribution in [1.29, 1.82) is 0 Å². The van der Waals surface area contributed by atoms with Gasteiger partial charge in [-0.25, -0.2) is 8.78 Å². The first-order valence-electron chi connectivity index (χ1n) is 4.21. The van der Waals surface area contributed by atoms with Crippen LogP contribution in [0.2, 0.25) is 0 Å². The zero-order chi connectivity index (χ0) is 11.9. The van der Waals surface area contributed by atoms with Gasteiger partial charge in [-0.15, -0.1) is 0 Å². The number of rotatable bonds is 1. The van der Waals surface area contributed by atoms with E-state index in [2.05, 4.69) is 10.2 Å². The van der Waals surface area contributed by atoms with Gasteiger partial charge >= 0.3 is 0 Å². The summed E-state index contributed by atoms with van der Waals surface area (Å²) in [5.74, 6) is -4.21. The minimum atomic E-state index is -1.21. The molecule has 7 heteroatoms. The molecule has 1 aromatic heterocycles. The van der Waals surface area contributed by atoms with E-state index in [1.807, 2.05) is 0 Å². The van der Waals surface area contributed by atoms with Crippen LogP contribution in [0.25, 0.3) is 11.1 Å². The Kier molecular flexibility index (Phi) is 2.15. The highest BCUT2D eigenvalue weighted by Gasteiger charge is 2.22. The lowest BCUT2D eigenvalue weighted by molar-refractivity contribution is 0.399. The number of hydrogen-bond donors (Lipinski definition) is 4. The van der Waals surface area contributed by atoms with E-state index in [-0.39, 0.29) is 11.4 Å². The molecule has 0 bridgehead atoms. The molecule has 1 aromatic carbocycles. The number of nitrogens with one attached hydrogen (secondary N) is 1. The number of nitrogens with zero attached hydrogens (tertiary/aromatic N) is 1. The van der Waals surface area contributed by atoms with Gasteiger partial charge in [0.1, 0.15) is 5.82 Å². The molecule has 0 fully saturated rings. The number of nitrogens with two attached hydrogens (primary N) is 1. The lowest BCUT2D eigenvalue weighted by Crippen LogP contribution is -1.94. The molecule has 0 aliphatic rings. The molecule has 0 spiro atoms. The van der Waals surface area contributed by atoms with Gasteiger partial charge in [0, 0.05) is 11.6 Å². The summed E-state index contributed by atoms with van der Waals surface area (Å²) >= 11 is 0. The van der Waals surface area contributed by atoms with Crippen molar-refractivity contribution in [2.75, 3.05) is 5.73 Å². The standard InChI is InChI=1S/C9H7F2N3O2/c10-7-4(15)1-5(16)8(11)6(7)3-2-13-14-9(3)12/h1-2,15-16H,(H3,12,13,14). The van der Waals surface area contributed by atoms with Crippen LogP contribution in [0, 0.1) is 11.6 Å². The van der Waals surface area contributed by atoms with Crippen LogP contribution < -0.4 is 5.73 Å². The van der Waals surface area contributed by atoms with E-state index < -0.39 is 28.7 Å². The molecular formula is C9H7F2N3O2. The highest BCUT2D eigenvalue weighted by molar-refractivity contribution is 5.76. The van der Waals surface area contributed by atoms with Crippen molar-refractivity contribution >= 4 is 5.82 Å². The summed E-state index contributed by atoms with van der Waals surface area (Å²) < 4.78 is 27.0. The predicted octanol–water partition coefficient (Wildman–Crippen LogP) is 1.35. The third kappa shape index (κ3) is 1.33. The van der Waals surface area contributed by atoms with E-state index in [0.29, 0.717) is 6.07 Å². The number of aromatic nitrogens is 2. The molecule has 2 aromatic rings. The fraction of sp³-hybridized carbons (Fsp3) is 0. The molecular weight excluding hydrogens is 220 g/mol. The maximum absolute atomic E-state index is 13.5. The number of halogens is 2. The quantitative estimate of drug-likeness (QED) is 0.591. The number of H-pyrrole nitrogens is 1. The molecule has 0 aliphatic carbocycles. The number of phenols is 2. The average Bonchev–Trinajstić information content (AvgIpc) is 2.63. The predicted molar refractivity (Wildman–Crippen MR) is 51.7 cm³/mol. The molecule has 0 saturated heterocycles. The van der Waals surface area contributed by atoms with Gasteiger partial charge in [-0.2, -0.15) is 5.10 Å². The number of nitrogen functional groups attached to an aromatic ring is 1. The van der Waals surface area contributed by atoms with Gasteiger partial charge in [0.25, 0.3) is 0 Å². The van der Waals surface area contributed by atoms with Crippen molar-refractivity contribution in [3.63, 3.8) is 0 Å². The van der Waals surface area contributed by atoms with Crippen LogP contribution in [0.3, 0.4) is 0 Å². The molecule has 0 saturated carbocycles. The monoisotopic (exact) mass is 227 g/mol. The van der Waals surface area contributed by atoms with Crippen molar-refractivity contribution < 1.29 is 19.0 Å². The smallest absolute Gasteiger partial charge is 0.176 e. The Bertz CT molecular complexity index is 528. The molecule has 0 atom stereocenters. The van der Waals surface area contributed by atoms with Crippen LogP contribution >= 0.6 is 0 Å². The number of aromatic amines is 1. The number of hydrogen-bond acceptors (Lipinski definition) is 4. The zero-order valence-corrected chi connectivity index (χ0v) is 7.83. The molecule has 0 aliphatic heterocycles. The first-order chi connectivity index (χ1) is 7.52. The van der Waals surface area contributed by atoms with Crippen LogP contribution in [-0.4, -0.2) is 20.4 Å². The molecule has 84 valence electrons. The average molecular weight is 227 g/mol. The van der Waals surface area contributed by atoms with Gasteiger partial charge in [-0.3, -0.25) is 5.10 Å². The first kappa shape index (κ1) is 10.2. The third-order valence-corrected chi connectivity index (χ3v) is 2.10. The summed E-state index contributed by atoms with van der Waals surface area (Å²) in [6.07, 6.45) is 1.09. The molecule has 5 nitrogen and oxygen atoms in total. The largest absolute Gasteiger partial charge is 0.505 e. The fourth-order valence-corrected chi connectivity index (χ4v) is 1.34. The Hall–Kier alpha value is -2.31. The highest BCUT2D eigenvalue weighted by atomic mass is 19.1. The SMILES string of the molecule is Nc1[nH]ncc1-c1c(F)c(O)cc(O)c1F. The lowest BCUT2D eigenvalue weighted by Gasteiger charge is -2.06. The maximum Gasteiger partial charge on any atom is 0.176 e. The van der Waals surface area contributed by atoms with Crippen molar-refractivity contribution in [3.8, 4) is 22.6 Å². The highest BCUT2D eigenvalue weighted by Crippen LogP contribution is 2.37. The molecule has 2 rings (SSSR count). The normalized spacial score (nSPS) is 10.6. The molecule has 0 amide bonds. The summed E-state index contributed by atoms with van der Waals surface area (Å²) in [7, 11) is 0. The van der Waals surface area contributed by atoms with Gasteiger partial charge in [0.2, 0.25) is 0 Å². The molecule has 1 heterocycles. The Balaban J connectivity index is 2.79. The summed E-state index contributed by atoms with van der Waals surface area (Å²) in [5, 5.41) is 24.0. The Labute approximate surface area is 88.1 Å². The third-order valence-electron chi connectivity index (χ3n) is 2.10. The summed E-state index contributed by atoms with van der Waals surface area (Å²) in [6.45, 7) is 0. The van der Waals surface area contributed by atoms with E-state index >= 15 is 0 Å². The minimum absolute atomic E-state index is 0.0669. The van der Waals surface area contributed by atoms with E-state index in [4.69, 9.17) is 15.9 Å². The van der Waals surface area contributed by atoms with Crippen LogP contribution in [0.4, 0.5) is 14.6 Å². The van der Waals surface area contributed by atoms with Crippen LogP contribution in [0.15, 0.2) is 12.3 Å². The van der Waals surface area contributed by atoms with Crippen LogP contribution in [0.1, 0.15) is 0 Å². The summed E-state index contributed by atoms with van der Waals surface area (Å²) in [4.78, 5) is 0. The van der Waals surface area contributed by atoms with Crippen molar-refractivity contribution in [2.45, 2.75) is 0 Å². The van der Waals surface area contributed by atoms with Crippen LogP contribution in [-0.2, 0) is 0 Å². The van der Waals surface area contributed by atoms with Crippen molar-refractivity contribution in [2.24, 2.45) is 0 Å². The fourth-order valence-electron chi connectivity index (χ4n) is 1.34. The topological polar surface area (TPSA) is 95.2 Å². The van der Waals surface area contributed by atoms with Crippen molar-refractivity contribution in [1.82, 2.24) is 10.2 Å². The first-order valence-corrected chi connectivity index (χ1v) is 4.21. The molecule has 16 heavy (non-hydrogen) atoms. The zero-order valence-electron chi connectivity index (χ0n) is 7.83. The van der Waals surface area contributed by atoms with Gasteiger partial charge in [-0.1, -0.05) is 0 Å². The Morgan fingerprint density at radius 3 is 2.19 bits per heavy atom. The molecule has 5 N–H and O–H groups in total. The number of aromatic hydroxyl groups is 2. The van der Waals surface area contributed by atoms with Gasteiger partial charge in [-0.05, 0) is 0 Å². The van der Waals surface area contributed by atoms with Crippen LogP contribution in [0.5, 0.6) is 11.5 Å². The van der Waals surface area contributed by atoms with Gasteiger partial charge < -0.3 is 15.9 Å². The van der Waals surface area contributed by atoms with E-state index in [1.165, 1.54) is 0 Å². The second-order valence-corrected chi connectivity index (χ2v) is 3.12. The van der Waals surface area contributed by atoms with E-state index in [1.54, 1.807) is 0 Å². The molecule has 0 unspecified atom stereocenters. The second kappa shape index (κ2) is 3.37. The number of benzene rings is 1. The number of phenolic OH excluding ortho intramolecular Hbond substituents is 2. The Morgan fingerprint density at radius 1 is 1.19 bits per heavy atom. The maximum atomic E-state index is 13.5. The minimum Gasteiger partial charge on any atom is -0.505 e. The van der Waals surface area contributed by atoms with E-state index in [0.717, 1.165) is 6.20 Å². The Morgan fingerprint density at radius 2 is 1.75 bits per heavy atom. The van der Waals surface area contributed by atoms with E-state index in [9.17, 15) is 8.78 Å². The molecule has 0 radical (unpaired) electrons. The summed E-state index contributed by atoms with van der Waals surface area (Å²) in [6, 6.07) is 0.574. The number of anilines is 1. The van der Waals surface area contributed by atoms with Gasteiger partial charge in [0.05, 0.1) is 11.8 Å². The summed E-state index contributed by atoms with van der Waals surface area (Å²) in [5.41, 5.74) is 4.71. The van der Waals surface area contributed by atoms with Gasteiger partial charge in [0.15, 0.2) is 23.1 Å².